The summed E-state index contributed by atoms with van der Waals surface area (Å²) in [6.07, 6.45) is 2.25. The molecule has 0 atom stereocenters. The van der Waals surface area contributed by atoms with E-state index in [-0.39, 0.29) is 10.9 Å². The minimum absolute atomic E-state index is 0.154. The molecule has 0 unspecified atom stereocenters. The zero-order chi connectivity index (χ0) is 22.0. The number of anilines is 2. The lowest BCUT2D eigenvalue weighted by Gasteiger charge is -2.23. The van der Waals surface area contributed by atoms with Crippen LogP contribution in [-0.4, -0.2) is 24.1 Å². The van der Waals surface area contributed by atoms with Gasteiger partial charge in [-0.15, -0.1) is 0 Å². The number of furan rings is 1. The Hall–Kier alpha value is -2.54. The Kier molecular flexibility index (Phi) is 6.51. The number of thiocarbonyl (C=S) groups is 1. The lowest BCUT2D eigenvalue weighted by Crippen LogP contribution is -2.34. The molecule has 0 saturated carbocycles. The van der Waals surface area contributed by atoms with Crippen LogP contribution in [0.15, 0.2) is 52.9 Å². The molecular weight excluding hydrogens is 453 g/mol. The highest BCUT2D eigenvalue weighted by molar-refractivity contribution is 7.80. The van der Waals surface area contributed by atoms with Crippen LogP contribution in [0.3, 0.4) is 0 Å². The van der Waals surface area contributed by atoms with E-state index in [0.29, 0.717) is 15.8 Å². The van der Waals surface area contributed by atoms with Crippen molar-refractivity contribution in [3.63, 3.8) is 0 Å². The van der Waals surface area contributed by atoms with Crippen molar-refractivity contribution in [3.8, 4) is 11.3 Å². The van der Waals surface area contributed by atoms with Gasteiger partial charge in [-0.25, -0.2) is 0 Å². The number of benzene rings is 2. The van der Waals surface area contributed by atoms with E-state index in [1.54, 1.807) is 12.1 Å². The lowest BCUT2D eigenvalue weighted by atomic mass is 10.1. The van der Waals surface area contributed by atoms with E-state index in [1.807, 2.05) is 43.3 Å². The number of carbonyl (C=O) groups excluding carboxylic acids is 1. The predicted molar refractivity (Wildman–Crippen MR) is 130 cm³/mol. The highest BCUT2D eigenvalue weighted by atomic mass is 35.5. The van der Waals surface area contributed by atoms with Gasteiger partial charge in [0.05, 0.1) is 16.4 Å². The Labute approximate surface area is 196 Å². The molecule has 1 amide bonds. The summed E-state index contributed by atoms with van der Waals surface area (Å²) in [6.45, 7) is 3.81. The Bertz CT molecular complexity index is 1140. The van der Waals surface area contributed by atoms with Crippen LogP contribution >= 0.6 is 35.4 Å². The molecule has 2 aromatic carbocycles. The fourth-order valence-corrected chi connectivity index (χ4v) is 4.24. The van der Waals surface area contributed by atoms with Gasteiger partial charge in [-0.1, -0.05) is 41.4 Å². The maximum absolute atomic E-state index is 12.6. The summed E-state index contributed by atoms with van der Waals surface area (Å²) in [5, 5.41) is 7.22. The molecule has 1 aliphatic heterocycles. The molecular formula is C23H21Cl2N3O2S. The maximum atomic E-state index is 12.6. The first-order valence-electron chi connectivity index (χ1n) is 9.94. The van der Waals surface area contributed by atoms with Crippen LogP contribution in [0.5, 0.6) is 0 Å². The first-order valence-corrected chi connectivity index (χ1v) is 11.1. The Morgan fingerprint density at radius 3 is 2.58 bits per heavy atom. The minimum Gasteiger partial charge on any atom is -0.451 e. The summed E-state index contributed by atoms with van der Waals surface area (Å²) >= 11 is 18.0. The number of carbonyl (C=O) groups is 1. The zero-order valence-corrected chi connectivity index (χ0v) is 19.2. The van der Waals surface area contributed by atoms with Crippen molar-refractivity contribution in [1.29, 1.82) is 0 Å². The standard InChI is InChI=1S/C23H21Cl2N3O2S/c1-14-7-8-15(13-17(14)25)19-9-10-20(30-19)22(29)27-23(31)26-18-6-4-5-16(24)21(18)28-11-2-3-12-28/h4-10,13H,2-3,11-12H2,1H3,(H2,26,27,29,31). The van der Waals surface area contributed by atoms with Crippen molar-refractivity contribution in [2.75, 3.05) is 23.3 Å². The van der Waals surface area contributed by atoms with Crippen LogP contribution in [0.2, 0.25) is 10.0 Å². The van der Waals surface area contributed by atoms with Gasteiger partial charge in [0.15, 0.2) is 10.9 Å². The molecule has 1 saturated heterocycles. The summed E-state index contributed by atoms with van der Waals surface area (Å²) in [5.74, 6) is 0.269. The van der Waals surface area contributed by atoms with Crippen molar-refractivity contribution < 1.29 is 9.21 Å². The third-order valence-electron chi connectivity index (χ3n) is 5.17. The number of para-hydroxylation sites is 1. The van der Waals surface area contributed by atoms with Gasteiger partial charge in [0, 0.05) is 23.7 Å². The average Bonchev–Trinajstić information content (AvgIpc) is 3.42. The van der Waals surface area contributed by atoms with Crippen LogP contribution in [0.4, 0.5) is 11.4 Å². The number of hydrogen-bond donors (Lipinski definition) is 2. The van der Waals surface area contributed by atoms with Gasteiger partial charge < -0.3 is 14.6 Å². The Morgan fingerprint density at radius 1 is 1.06 bits per heavy atom. The monoisotopic (exact) mass is 473 g/mol. The van der Waals surface area contributed by atoms with Gasteiger partial charge >= 0.3 is 0 Å². The molecule has 0 bridgehead atoms. The van der Waals surface area contributed by atoms with Crippen LogP contribution in [-0.2, 0) is 0 Å². The van der Waals surface area contributed by atoms with Gasteiger partial charge in [0.1, 0.15) is 5.76 Å². The summed E-state index contributed by atoms with van der Waals surface area (Å²) < 4.78 is 5.71. The molecule has 2 heterocycles. The first kappa shape index (κ1) is 21.7. The van der Waals surface area contributed by atoms with Crippen LogP contribution in [0, 0.1) is 6.92 Å². The molecule has 0 spiro atoms. The van der Waals surface area contributed by atoms with Crippen LogP contribution < -0.4 is 15.5 Å². The highest BCUT2D eigenvalue weighted by Crippen LogP contribution is 2.36. The van der Waals surface area contributed by atoms with E-state index < -0.39 is 5.91 Å². The maximum Gasteiger partial charge on any atom is 0.293 e. The van der Waals surface area contributed by atoms with Gasteiger partial charge in [-0.3, -0.25) is 10.1 Å². The summed E-state index contributed by atoms with van der Waals surface area (Å²) in [5.41, 5.74) is 3.43. The van der Waals surface area contributed by atoms with Gasteiger partial charge in [-0.05, 0) is 67.9 Å². The molecule has 8 heteroatoms. The van der Waals surface area contributed by atoms with E-state index in [4.69, 9.17) is 39.8 Å². The predicted octanol–water partition coefficient (Wildman–Crippen LogP) is 6.29. The van der Waals surface area contributed by atoms with Crippen molar-refractivity contribution in [1.82, 2.24) is 5.32 Å². The molecule has 1 aromatic heterocycles. The van der Waals surface area contributed by atoms with E-state index >= 15 is 0 Å². The topological polar surface area (TPSA) is 57.5 Å². The Balaban J connectivity index is 1.45. The molecule has 0 aliphatic carbocycles. The number of nitrogens with zero attached hydrogens (tertiary/aromatic N) is 1. The van der Waals surface area contributed by atoms with Gasteiger partial charge in [0.25, 0.3) is 5.91 Å². The third kappa shape index (κ3) is 4.87. The zero-order valence-electron chi connectivity index (χ0n) is 16.9. The summed E-state index contributed by atoms with van der Waals surface area (Å²) in [6, 6.07) is 14.5. The summed E-state index contributed by atoms with van der Waals surface area (Å²) in [4.78, 5) is 14.8. The second-order valence-electron chi connectivity index (χ2n) is 7.37. The quantitative estimate of drug-likeness (QED) is 0.436. The third-order valence-corrected chi connectivity index (χ3v) is 6.09. The molecule has 3 aromatic rings. The number of hydrogen-bond acceptors (Lipinski definition) is 4. The van der Waals surface area contributed by atoms with Crippen LogP contribution in [0.25, 0.3) is 11.3 Å². The fraction of sp³-hybridized carbons (Fsp3) is 0.217. The second kappa shape index (κ2) is 9.30. The van der Waals surface area contributed by atoms with Crippen molar-refractivity contribution >= 4 is 57.8 Å². The van der Waals surface area contributed by atoms with E-state index in [9.17, 15) is 4.79 Å². The van der Waals surface area contributed by atoms with E-state index in [0.717, 1.165) is 48.4 Å². The Morgan fingerprint density at radius 2 is 1.84 bits per heavy atom. The van der Waals surface area contributed by atoms with E-state index in [1.165, 1.54) is 0 Å². The second-order valence-corrected chi connectivity index (χ2v) is 8.59. The first-order chi connectivity index (χ1) is 14.9. The van der Waals surface area contributed by atoms with E-state index in [2.05, 4.69) is 15.5 Å². The molecule has 1 aliphatic rings. The number of amides is 1. The fourth-order valence-electron chi connectivity index (χ4n) is 3.56. The normalized spacial score (nSPS) is 13.3. The van der Waals surface area contributed by atoms with Crippen molar-refractivity contribution in [2.24, 2.45) is 0 Å². The number of aryl methyl sites for hydroxylation is 1. The highest BCUT2D eigenvalue weighted by Gasteiger charge is 2.20. The molecule has 2 N–H and O–H groups in total. The molecule has 31 heavy (non-hydrogen) atoms. The lowest BCUT2D eigenvalue weighted by molar-refractivity contribution is 0.0951. The van der Waals surface area contributed by atoms with Gasteiger partial charge in [-0.2, -0.15) is 0 Å². The molecule has 1 fully saturated rings. The van der Waals surface area contributed by atoms with Gasteiger partial charge in [0.2, 0.25) is 0 Å². The molecule has 160 valence electrons. The number of nitrogens with one attached hydrogen (secondary N) is 2. The molecule has 0 radical (unpaired) electrons. The smallest absolute Gasteiger partial charge is 0.293 e. The number of halogens is 2. The average molecular weight is 474 g/mol. The minimum atomic E-state index is -0.438. The molecule has 5 nitrogen and oxygen atoms in total. The van der Waals surface area contributed by atoms with Crippen molar-refractivity contribution in [3.05, 3.63) is 69.9 Å². The van der Waals surface area contributed by atoms with Crippen LogP contribution in [0.1, 0.15) is 29.0 Å². The number of rotatable bonds is 4. The largest absolute Gasteiger partial charge is 0.451 e. The SMILES string of the molecule is Cc1ccc(-c2ccc(C(=O)NC(=S)Nc3cccc(Cl)c3N3CCCC3)o2)cc1Cl. The molecule has 4 rings (SSSR count). The summed E-state index contributed by atoms with van der Waals surface area (Å²) in [7, 11) is 0. The van der Waals surface area contributed by atoms with Crippen molar-refractivity contribution in [2.45, 2.75) is 19.8 Å².